The Hall–Kier alpha value is -1.31. The molecule has 0 radical (unpaired) electrons. The summed E-state index contributed by atoms with van der Waals surface area (Å²) in [4.78, 5) is 16.5. The standard InChI is InChI=1S/C14H17ClN2O3S.C6H4Cl2/c15-21(19,20)12-5-3-11(4-6-12)17-10-7-13(14(17)18)16-8-1-2-9-16;7-5-2-1-3-6(8)4-5/h3-6,13H,1-2,7-10H2;1-4H. The molecule has 0 N–H and O–H groups in total. The van der Waals surface area contributed by atoms with Crippen molar-refractivity contribution in [2.45, 2.75) is 30.2 Å². The summed E-state index contributed by atoms with van der Waals surface area (Å²) in [6.07, 6.45) is 3.15. The minimum Gasteiger partial charge on any atom is -0.311 e. The van der Waals surface area contributed by atoms with Crippen LogP contribution >= 0.6 is 33.9 Å². The fourth-order valence-electron chi connectivity index (χ4n) is 3.56. The molecule has 0 bridgehead atoms. The molecule has 5 nitrogen and oxygen atoms in total. The van der Waals surface area contributed by atoms with Gasteiger partial charge < -0.3 is 4.90 Å². The number of anilines is 1. The summed E-state index contributed by atoms with van der Waals surface area (Å²) in [6, 6.07) is 13.2. The lowest BCUT2D eigenvalue weighted by Gasteiger charge is -2.22. The molecule has 2 saturated heterocycles. The number of hydrogen-bond donors (Lipinski definition) is 0. The van der Waals surface area contributed by atoms with Crippen LogP contribution in [-0.4, -0.2) is 44.9 Å². The van der Waals surface area contributed by atoms with Crippen molar-refractivity contribution in [2.24, 2.45) is 0 Å². The Morgan fingerprint density at radius 3 is 1.97 bits per heavy atom. The molecule has 156 valence electrons. The van der Waals surface area contributed by atoms with Gasteiger partial charge in [0.25, 0.3) is 9.05 Å². The van der Waals surface area contributed by atoms with E-state index in [1.165, 1.54) is 12.1 Å². The average Bonchev–Trinajstić information content (AvgIpc) is 3.31. The second-order valence-corrected chi connectivity index (χ2v) is 10.3. The highest BCUT2D eigenvalue weighted by Crippen LogP contribution is 2.28. The topological polar surface area (TPSA) is 57.7 Å². The lowest BCUT2D eigenvalue weighted by atomic mass is 10.2. The summed E-state index contributed by atoms with van der Waals surface area (Å²) in [5.41, 5.74) is 0.728. The Morgan fingerprint density at radius 1 is 0.897 bits per heavy atom. The molecule has 1 atom stereocenters. The highest BCUT2D eigenvalue weighted by molar-refractivity contribution is 8.13. The molecule has 2 aromatic carbocycles. The summed E-state index contributed by atoms with van der Waals surface area (Å²) in [7, 11) is 1.57. The number of amides is 1. The van der Waals surface area contributed by atoms with Crippen molar-refractivity contribution in [2.75, 3.05) is 24.5 Å². The Morgan fingerprint density at radius 2 is 1.48 bits per heavy atom. The summed E-state index contributed by atoms with van der Waals surface area (Å²) < 4.78 is 22.5. The molecule has 4 rings (SSSR count). The zero-order chi connectivity index (χ0) is 21.0. The van der Waals surface area contributed by atoms with Gasteiger partial charge in [0.15, 0.2) is 0 Å². The first kappa shape index (κ1) is 22.4. The van der Waals surface area contributed by atoms with Crippen LogP contribution in [0.25, 0.3) is 0 Å². The van der Waals surface area contributed by atoms with Crippen LogP contribution in [0, 0.1) is 0 Å². The van der Waals surface area contributed by atoms with E-state index in [0.29, 0.717) is 16.6 Å². The van der Waals surface area contributed by atoms with E-state index >= 15 is 0 Å². The number of carbonyl (C=O) groups is 1. The summed E-state index contributed by atoms with van der Waals surface area (Å²) in [5, 5.41) is 1.36. The van der Waals surface area contributed by atoms with E-state index in [9.17, 15) is 13.2 Å². The van der Waals surface area contributed by atoms with Gasteiger partial charge in [-0.2, -0.15) is 0 Å². The molecule has 2 heterocycles. The van der Waals surface area contributed by atoms with Crippen molar-refractivity contribution >= 4 is 54.5 Å². The van der Waals surface area contributed by atoms with E-state index in [-0.39, 0.29) is 16.8 Å². The van der Waals surface area contributed by atoms with Crippen LogP contribution in [0.3, 0.4) is 0 Å². The molecule has 0 aliphatic carbocycles. The highest BCUT2D eigenvalue weighted by atomic mass is 35.7. The van der Waals surface area contributed by atoms with E-state index in [1.54, 1.807) is 35.2 Å². The quantitative estimate of drug-likeness (QED) is 0.598. The van der Waals surface area contributed by atoms with Gasteiger partial charge >= 0.3 is 0 Å². The molecule has 2 aliphatic rings. The van der Waals surface area contributed by atoms with Crippen LogP contribution in [0.5, 0.6) is 0 Å². The maximum atomic E-state index is 12.5. The lowest BCUT2D eigenvalue weighted by Crippen LogP contribution is -2.40. The smallest absolute Gasteiger partial charge is 0.261 e. The molecular weight excluding hydrogens is 455 g/mol. The van der Waals surface area contributed by atoms with Gasteiger partial charge in [0.2, 0.25) is 5.91 Å². The van der Waals surface area contributed by atoms with Crippen LogP contribution in [0.1, 0.15) is 19.3 Å². The largest absolute Gasteiger partial charge is 0.311 e. The minimum absolute atomic E-state index is 0.0241. The third-order valence-corrected chi connectivity index (χ3v) is 6.82. The maximum Gasteiger partial charge on any atom is 0.261 e. The van der Waals surface area contributed by atoms with Crippen LogP contribution in [-0.2, 0) is 13.8 Å². The van der Waals surface area contributed by atoms with Crippen molar-refractivity contribution in [3.05, 3.63) is 58.6 Å². The molecule has 1 amide bonds. The number of halogens is 3. The third kappa shape index (κ3) is 5.86. The molecule has 2 aromatic rings. The predicted molar refractivity (Wildman–Crippen MR) is 118 cm³/mol. The Kier molecular flexibility index (Phi) is 7.46. The number of nitrogens with zero attached hydrogens (tertiary/aromatic N) is 2. The Labute approximate surface area is 185 Å². The summed E-state index contributed by atoms with van der Waals surface area (Å²) in [6.45, 7) is 2.66. The second kappa shape index (κ2) is 9.67. The highest BCUT2D eigenvalue weighted by Gasteiger charge is 2.37. The minimum atomic E-state index is -3.72. The van der Waals surface area contributed by atoms with Gasteiger partial charge in [-0.15, -0.1) is 0 Å². The summed E-state index contributed by atoms with van der Waals surface area (Å²) >= 11 is 11.1. The average molecular weight is 476 g/mol. The van der Waals surface area contributed by atoms with E-state index < -0.39 is 9.05 Å². The summed E-state index contributed by atoms with van der Waals surface area (Å²) in [5.74, 6) is 0.110. The van der Waals surface area contributed by atoms with Gasteiger partial charge in [-0.05, 0) is 74.8 Å². The monoisotopic (exact) mass is 474 g/mol. The fraction of sp³-hybridized carbons (Fsp3) is 0.350. The van der Waals surface area contributed by atoms with E-state index in [1.807, 2.05) is 6.07 Å². The fourth-order valence-corrected chi connectivity index (χ4v) is 4.77. The second-order valence-electron chi connectivity index (χ2n) is 6.91. The number of hydrogen-bond acceptors (Lipinski definition) is 4. The van der Waals surface area contributed by atoms with Crippen LogP contribution in [0.15, 0.2) is 53.4 Å². The molecule has 2 fully saturated rings. The zero-order valence-corrected chi connectivity index (χ0v) is 18.7. The van der Waals surface area contributed by atoms with Crippen molar-refractivity contribution in [1.82, 2.24) is 4.90 Å². The van der Waals surface area contributed by atoms with Gasteiger partial charge in [-0.25, -0.2) is 8.42 Å². The van der Waals surface area contributed by atoms with Crippen LogP contribution in [0.4, 0.5) is 5.69 Å². The molecular formula is C20H21Cl3N2O3S. The predicted octanol–water partition coefficient (Wildman–Crippen LogP) is 4.81. The molecule has 0 saturated carbocycles. The Bertz CT molecular complexity index is 944. The molecule has 2 aliphatic heterocycles. The van der Waals surface area contributed by atoms with Gasteiger partial charge in [0, 0.05) is 33.0 Å². The molecule has 0 spiro atoms. The van der Waals surface area contributed by atoms with E-state index in [4.69, 9.17) is 33.9 Å². The number of carbonyl (C=O) groups excluding carboxylic acids is 1. The van der Waals surface area contributed by atoms with Crippen LogP contribution < -0.4 is 4.90 Å². The van der Waals surface area contributed by atoms with E-state index in [0.717, 1.165) is 38.0 Å². The number of benzene rings is 2. The number of likely N-dealkylation sites (tertiary alicyclic amines) is 1. The van der Waals surface area contributed by atoms with Gasteiger partial charge in [-0.3, -0.25) is 9.69 Å². The molecule has 9 heteroatoms. The normalized spacial score (nSPS) is 19.9. The van der Waals surface area contributed by atoms with Crippen molar-refractivity contribution in [3.8, 4) is 0 Å². The van der Waals surface area contributed by atoms with Crippen molar-refractivity contribution < 1.29 is 13.2 Å². The molecule has 0 aromatic heterocycles. The van der Waals surface area contributed by atoms with Crippen LogP contribution in [0.2, 0.25) is 10.0 Å². The first-order chi connectivity index (χ1) is 13.8. The first-order valence-corrected chi connectivity index (χ1v) is 12.3. The first-order valence-electron chi connectivity index (χ1n) is 9.27. The SMILES string of the molecule is Clc1cccc(Cl)c1.O=C1C(N2CCCC2)CCN1c1ccc(S(=O)(=O)Cl)cc1. The zero-order valence-electron chi connectivity index (χ0n) is 15.6. The van der Waals surface area contributed by atoms with Gasteiger partial charge in [-0.1, -0.05) is 29.3 Å². The van der Waals surface area contributed by atoms with Gasteiger partial charge in [0.05, 0.1) is 10.9 Å². The van der Waals surface area contributed by atoms with Crippen molar-refractivity contribution in [1.29, 1.82) is 0 Å². The lowest BCUT2D eigenvalue weighted by molar-refractivity contribution is -0.121. The molecule has 29 heavy (non-hydrogen) atoms. The third-order valence-electron chi connectivity index (χ3n) is 4.98. The Balaban J connectivity index is 0.000000252. The van der Waals surface area contributed by atoms with Gasteiger partial charge in [0.1, 0.15) is 0 Å². The van der Waals surface area contributed by atoms with E-state index in [2.05, 4.69) is 4.90 Å². The molecule has 1 unspecified atom stereocenters. The maximum absolute atomic E-state index is 12.5. The van der Waals surface area contributed by atoms with Crippen molar-refractivity contribution in [3.63, 3.8) is 0 Å². The number of rotatable bonds is 3.